The summed E-state index contributed by atoms with van der Waals surface area (Å²) in [6, 6.07) is 6.04. The van der Waals surface area contributed by atoms with Crippen molar-refractivity contribution in [3.63, 3.8) is 0 Å². The zero-order valence-electron chi connectivity index (χ0n) is 14.4. The summed E-state index contributed by atoms with van der Waals surface area (Å²) in [4.78, 5) is 17.4. The molecule has 1 fully saturated rings. The SMILES string of the molecule is Cl.O=C(O)CCCCN1CCCC(c2nc(-c3ccc(F)cc3)no2)C1. The monoisotopic (exact) mass is 383 g/mol. The molecule has 1 aromatic heterocycles. The number of carboxylic acids is 1. The summed E-state index contributed by atoms with van der Waals surface area (Å²) in [5.41, 5.74) is 0.734. The highest BCUT2D eigenvalue weighted by Gasteiger charge is 2.26. The molecule has 0 saturated carbocycles. The van der Waals surface area contributed by atoms with Crippen LogP contribution in [0.4, 0.5) is 4.39 Å². The molecule has 0 radical (unpaired) electrons. The van der Waals surface area contributed by atoms with Crippen LogP contribution in [0.2, 0.25) is 0 Å². The Hall–Kier alpha value is -1.99. The van der Waals surface area contributed by atoms with Crippen molar-refractivity contribution < 1.29 is 18.8 Å². The summed E-state index contributed by atoms with van der Waals surface area (Å²) >= 11 is 0. The largest absolute Gasteiger partial charge is 0.481 e. The minimum atomic E-state index is -0.740. The van der Waals surface area contributed by atoms with Crippen LogP contribution < -0.4 is 0 Å². The molecular weight excluding hydrogens is 361 g/mol. The number of aromatic nitrogens is 2. The summed E-state index contributed by atoms with van der Waals surface area (Å²) in [6.07, 6.45) is 3.85. The maximum atomic E-state index is 13.0. The Morgan fingerprint density at radius 1 is 1.31 bits per heavy atom. The summed E-state index contributed by atoms with van der Waals surface area (Å²) < 4.78 is 18.4. The lowest BCUT2D eigenvalue weighted by atomic mass is 9.97. The first kappa shape index (κ1) is 20.3. The number of likely N-dealkylation sites (tertiary alicyclic amines) is 1. The van der Waals surface area contributed by atoms with Crippen LogP contribution in [-0.2, 0) is 4.79 Å². The Bertz CT molecular complexity index is 708. The van der Waals surface area contributed by atoms with Crippen molar-refractivity contribution in [3.8, 4) is 11.4 Å². The topological polar surface area (TPSA) is 79.5 Å². The van der Waals surface area contributed by atoms with Gasteiger partial charge in [0, 0.05) is 18.5 Å². The van der Waals surface area contributed by atoms with Crippen LogP contribution in [0.3, 0.4) is 0 Å². The van der Waals surface area contributed by atoms with Gasteiger partial charge in [-0.2, -0.15) is 4.98 Å². The van der Waals surface area contributed by atoms with Gasteiger partial charge in [0.05, 0.1) is 5.92 Å². The highest BCUT2D eigenvalue weighted by Crippen LogP contribution is 2.27. The van der Waals surface area contributed by atoms with Crippen molar-refractivity contribution in [2.75, 3.05) is 19.6 Å². The molecule has 6 nitrogen and oxygen atoms in total. The van der Waals surface area contributed by atoms with Gasteiger partial charge >= 0.3 is 5.97 Å². The van der Waals surface area contributed by atoms with Gasteiger partial charge in [-0.25, -0.2) is 4.39 Å². The van der Waals surface area contributed by atoms with Crippen molar-refractivity contribution in [2.24, 2.45) is 0 Å². The predicted molar refractivity (Wildman–Crippen MR) is 96.8 cm³/mol. The number of carboxylic acid groups (broad SMARTS) is 1. The van der Waals surface area contributed by atoms with E-state index in [-0.39, 0.29) is 30.6 Å². The molecule has 1 aliphatic heterocycles. The average molecular weight is 384 g/mol. The third-order valence-electron chi connectivity index (χ3n) is 4.51. The molecule has 1 saturated heterocycles. The van der Waals surface area contributed by atoms with Gasteiger partial charge in [0.15, 0.2) is 0 Å². The molecule has 1 atom stereocenters. The Balaban J connectivity index is 0.00000243. The summed E-state index contributed by atoms with van der Waals surface area (Å²) in [5.74, 6) is 0.257. The van der Waals surface area contributed by atoms with Crippen LogP contribution in [0.1, 0.15) is 43.9 Å². The Labute approximate surface area is 157 Å². The minimum Gasteiger partial charge on any atom is -0.481 e. The maximum Gasteiger partial charge on any atom is 0.303 e. The Morgan fingerprint density at radius 3 is 2.81 bits per heavy atom. The highest BCUT2D eigenvalue weighted by molar-refractivity contribution is 5.85. The third-order valence-corrected chi connectivity index (χ3v) is 4.51. The number of halogens is 2. The highest BCUT2D eigenvalue weighted by atomic mass is 35.5. The van der Waals surface area contributed by atoms with E-state index in [0.29, 0.717) is 18.1 Å². The average Bonchev–Trinajstić information content (AvgIpc) is 3.10. The van der Waals surface area contributed by atoms with Gasteiger partial charge in [-0.15, -0.1) is 12.4 Å². The lowest BCUT2D eigenvalue weighted by Gasteiger charge is -2.30. The van der Waals surface area contributed by atoms with Gasteiger partial charge < -0.3 is 14.5 Å². The molecule has 1 N–H and O–H groups in total. The van der Waals surface area contributed by atoms with Crippen LogP contribution in [0.15, 0.2) is 28.8 Å². The second-order valence-electron chi connectivity index (χ2n) is 6.45. The second kappa shape index (κ2) is 9.64. The smallest absolute Gasteiger partial charge is 0.303 e. The Morgan fingerprint density at radius 2 is 2.08 bits per heavy atom. The summed E-state index contributed by atoms with van der Waals surface area (Å²) in [6.45, 7) is 2.75. The minimum absolute atomic E-state index is 0. The van der Waals surface area contributed by atoms with Crippen molar-refractivity contribution in [1.82, 2.24) is 15.0 Å². The number of nitrogens with zero attached hydrogens (tertiary/aromatic N) is 3. The molecule has 0 bridgehead atoms. The Kier molecular flexibility index (Phi) is 7.53. The van der Waals surface area contributed by atoms with Gasteiger partial charge in [0.25, 0.3) is 0 Å². The molecule has 142 valence electrons. The van der Waals surface area contributed by atoms with E-state index in [4.69, 9.17) is 9.63 Å². The van der Waals surface area contributed by atoms with Gasteiger partial charge in [0.2, 0.25) is 11.7 Å². The first-order valence-electron chi connectivity index (χ1n) is 8.65. The molecule has 1 unspecified atom stereocenters. The van der Waals surface area contributed by atoms with Crippen LogP contribution in [-0.4, -0.2) is 45.8 Å². The molecule has 2 aromatic rings. The van der Waals surface area contributed by atoms with E-state index in [1.54, 1.807) is 12.1 Å². The normalized spacial score (nSPS) is 17.7. The van der Waals surface area contributed by atoms with Crippen LogP contribution in [0, 0.1) is 5.82 Å². The van der Waals surface area contributed by atoms with Crippen molar-refractivity contribution >= 4 is 18.4 Å². The third kappa shape index (κ3) is 5.51. The van der Waals surface area contributed by atoms with E-state index in [2.05, 4.69) is 15.0 Å². The second-order valence-corrected chi connectivity index (χ2v) is 6.45. The maximum absolute atomic E-state index is 13.0. The number of hydrogen-bond acceptors (Lipinski definition) is 5. The molecule has 1 aliphatic rings. The zero-order chi connectivity index (χ0) is 17.6. The predicted octanol–water partition coefficient (Wildman–Crippen LogP) is 3.73. The number of benzene rings is 1. The fraction of sp³-hybridized carbons (Fsp3) is 0.500. The van der Waals surface area contributed by atoms with E-state index in [1.807, 2.05) is 0 Å². The summed E-state index contributed by atoms with van der Waals surface area (Å²) in [5, 5.41) is 12.7. The molecule has 0 amide bonds. The van der Waals surface area contributed by atoms with E-state index >= 15 is 0 Å². The molecule has 2 heterocycles. The van der Waals surface area contributed by atoms with Crippen LogP contribution >= 0.6 is 12.4 Å². The fourth-order valence-electron chi connectivity index (χ4n) is 3.19. The van der Waals surface area contributed by atoms with Crippen molar-refractivity contribution in [1.29, 1.82) is 0 Å². The molecular formula is C18H23ClFN3O3. The van der Waals surface area contributed by atoms with Gasteiger partial charge in [-0.3, -0.25) is 4.79 Å². The first-order chi connectivity index (χ1) is 12.1. The number of unbranched alkanes of at least 4 members (excludes halogenated alkanes) is 1. The van der Waals surface area contributed by atoms with Gasteiger partial charge in [-0.1, -0.05) is 5.16 Å². The molecule has 3 rings (SSSR count). The molecule has 26 heavy (non-hydrogen) atoms. The lowest BCUT2D eigenvalue weighted by Crippen LogP contribution is -2.35. The first-order valence-corrected chi connectivity index (χ1v) is 8.65. The number of aliphatic carboxylic acids is 1. The molecule has 0 spiro atoms. The van der Waals surface area contributed by atoms with Gasteiger partial charge in [0.1, 0.15) is 5.82 Å². The zero-order valence-corrected chi connectivity index (χ0v) is 15.3. The number of hydrogen-bond donors (Lipinski definition) is 1. The van der Waals surface area contributed by atoms with E-state index in [0.717, 1.165) is 44.5 Å². The fourth-order valence-corrected chi connectivity index (χ4v) is 3.19. The molecule has 1 aromatic carbocycles. The molecule has 0 aliphatic carbocycles. The quantitative estimate of drug-likeness (QED) is 0.734. The number of piperidine rings is 1. The van der Waals surface area contributed by atoms with E-state index in [9.17, 15) is 9.18 Å². The van der Waals surface area contributed by atoms with E-state index < -0.39 is 5.97 Å². The van der Waals surface area contributed by atoms with Crippen molar-refractivity contribution in [2.45, 2.75) is 38.0 Å². The number of rotatable bonds is 7. The molecule has 8 heteroatoms. The number of carbonyl (C=O) groups is 1. The van der Waals surface area contributed by atoms with Crippen molar-refractivity contribution in [3.05, 3.63) is 36.0 Å². The van der Waals surface area contributed by atoms with Crippen LogP contribution in [0.25, 0.3) is 11.4 Å². The standard InChI is InChI=1S/C18H22FN3O3.ClH/c19-15-8-6-13(7-9-15)17-20-18(25-21-17)14-4-3-11-22(12-14)10-2-1-5-16(23)24;/h6-9,14H,1-5,10-12H2,(H,23,24);1H. The lowest BCUT2D eigenvalue weighted by molar-refractivity contribution is -0.137. The summed E-state index contributed by atoms with van der Waals surface area (Å²) in [7, 11) is 0. The van der Waals surface area contributed by atoms with Gasteiger partial charge in [-0.05, 0) is 63.0 Å². The van der Waals surface area contributed by atoms with E-state index in [1.165, 1.54) is 12.1 Å². The van der Waals surface area contributed by atoms with Crippen LogP contribution in [0.5, 0.6) is 0 Å².